The Labute approximate surface area is 159 Å². The smallest absolute Gasteiger partial charge is 0.257 e. The molecule has 5 nitrogen and oxygen atoms in total. The molecule has 1 amide bonds. The van der Waals surface area contributed by atoms with Gasteiger partial charge in [-0.25, -0.2) is 0 Å². The average molecular weight is 361 g/mol. The minimum absolute atomic E-state index is 0.237. The fourth-order valence-electron chi connectivity index (χ4n) is 2.70. The molecule has 0 aliphatic heterocycles. The molecule has 0 saturated carbocycles. The number of hydrogen-bond donors (Lipinski definition) is 2. The molecule has 27 heavy (non-hydrogen) atoms. The Morgan fingerprint density at radius 1 is 1.04 bits per heavy atom. The van der Waals surface area contributed by atoms with Crippen LogP contribution in [0.1, 0.15) is 28.4 Å². The Bertz CT molecular complexity index is 954. The van der Waals surface area contributed by atoms with Crippen molar-refractivity contribution in [3.05, 3.63) is 77.6 Å². The number of pyridine rings is 1. The number of carbonyl (C=O) groups excluding carboxylic acids is 1. The van der Waals surface area contributed by atoms with Gasteiger partial charge in [0.2, 0.25) is 0 Å². The Hall–Kier alpha value is -3.34. The predicted molar refractivity (Wildman–Crippen MR) is 109 cm³/mol. The topological polar surface area (TPSA) is 63.2 Å². The summed E-state index contributed by atoms with van der Waals surface area (Å²) in [6.45, 7) is 6.52. The van der Waals surface area contributed by atoms with E-state index < -0.39 is 0 Å². The molecule has 0 saturated heterocycles. The van der Waals surface area contributed by atoms with Gasteiger partial charge in [-0.05, 0) is 56.2 Å². The number of rotatable bonds is 6. The molecule has 0 aliphatic carbocycles. The number of nitrogens with zero attached hydrogens (tertiary/aromatic N) is 1. The lowest BCUT2D eigenvalue weighted by molar-refractivity contribution is 0.102. The molecule has 5 heteroatoms. The lowest BCUT2D eigenvalue weighted by Crippen LogP contribution is -2.13. The molecular weight excluding hydrogens is 338 g/mol. The molecule has 0 unspecified atom stereocenters. The number of hydrogen-bond acceptors (Lipinski definition) is 4. The minimum atomic E-state index is -0.237. The van der Waals surface area contributed by atoms with Crippen LogP contribution in [-0.4, -0.2) is 17.5 Å². The van der Waals surface area contributed by atoms with E-state index in [1.165, 1.54) is 0 Å². The van der Waals surface area contributed by atoms with Crippen LogP contribution in [-0.2, 0) is 0 Å². The van der Waals surface area contributed by atoms with Gasteiger partial charge in [0.05, 0.1) is 29.7 Å². The lowest BCUT2D eigenvalue weighted by atomic mass is 10.1. The normalized spacial score (nSPS) is 10.3. The maximum Gasteiger partial charge on any atom is 0.257 e. The van der Waals surface area contributed by atoms with Gasteiger partial charge in [-0.15, -0.1) is 0 Å². The average Bonchev–Trinajstić information content (AvgIpc) is 2.67. The van der Waals surface area contributed by atoms with E-state index in [1.807, 2.05) is 45.0 Å². The van der Waals surface area contributed by atoms with Crippen LogP contribution in [0.2, 0.25) is 0 Å². The van der Waals surface area contributed by atoms with Crippen LogP contribution in [0.4, 0.5) is 17.1 Å². The molecule has 2 aromatic carbocycles. The van der Waals surface area contributed by atoms with E-state index >= 15 is 0 Å². The van der Waals surface area contributed by atoms with Crippen molar-refractivity contribution >= 4 is 23.0 Å². The number of para-hydroxylation sites is 2. The molecule has 0 aliphatic rings. The zero-order valence-electron chi connectivity index (χ0n) is 15.7. The first-order valence-electron chi connectivity index (χ1n) is 8.89. The van der Waals surface area contributed by atoms with E-state index in [1.54, 1.807) is 18.5 Å². The fourth-order valence-corrected chi connectivity index (χ4v) is 2.70. The highest BCUT2D eigenvalue weighted by atomic mass is 16.5. The predicted octanol–water partition coefficient (Wildman–Crippen LogP) is 5.09. The number of aromatic nitrogens is 1. The van der Waals surface area contributed by atoms with Gasteiger partial charge in [0.1, 0.15) is 5.75 Å². The zero-order chi connectivity index (χ0) is 19.2. The maximum absolute atomic E-state index is 12.7. The Morgan fingerprint density at radius 3 is 2.67 bits per heavy atom. The Kier molecular flexibility index (Phi) is 5.71. The number of nitrogens with one attached hydrogen (secondary N) is 2. The van der Waals surface area contributed by atoms with Crippen molar-refractivity contribution < 1.29 is 9.53 Å². The Morgan fingerprint density at radius 2 is 1.85 bits per heavy atom. The van der Waals surface area contributed by atoms with Gasteiger partial charge >= 0.3 is 0 Å². The van der Waals surface area contributed by atoms with E-state index in [9.17, 15) is 4.79 Å². The van der Waals surface area contributed by atoms with Crippen LogP contribution >= 0.6 is 0 Å². The van der Waals surface area contributed by atoms with E-state index in [-0.39, 0.29) is 5.91 Å². The summed E-state index contributed by atoms with van der Waals surface area (Å²) in [5.74, 6) is 0.408. The monoisotopic (exact) mass is 361 g/mol. The van der Waals surface area contributed by atoms with Gasteiger partial charge in [0.15, 0.2) is 0 Å². The third-order valence-electron chi connectivity index (χ3n) is 4.11. The third kappa shape index (κ3) is 4.64. The summed E-state index contributed by atoms with van der Waals surface area (Å²) in [4.78, 5) is 16.9. The first-order chi connectivity index (χ1) is 13.1. The molecule has 1 aromatic heterocycles. The summed E-state index contributed by atoms with van der Waals surface area (Å²) in [7, 11) is 0. The van der Waals surface area contributed by atoms with Crippen molar-refractivity contribution in [2.75, 3.05) is 17.2 Å². The molecular formula is C22H23N3O2. The summed E-state index contributed by atoms with van der Waals surface area (Å²) in [5.41, 5.74) is 5.15. The van der Waals surface area contributed by atoms with Crippen LogP contribution in [0.25, 0.3) is 0 Å². The highest BCUT2D eigenvalue weighted by molar-refractivity contribution is 6.05. The Balaban J connectivity index is 1.79. The van der Waals surface area contributed by atoms with Gasteiger partial charge in [0.25, 0.3) is 5.91 Å². The summed E-state index contributed by atoms with van der Waals surface area (Å²) >= 11 is 0. The van der Waals surface area contributed by atoms with Crippen molar-refractivity contribution in [2.45, 2.75) is 20.8 Å². The summed E-state index contributed by atoms with van der Waals surface area (Å²) in [6.07, 6.45) is 3.25. The highest BCUT2D eigenvalue weighted by Gasteiger charge is 2.11. The van der Waals surface area contributed by atoms with Gasteiger partial charge in [-0.3, -0.25) is 9.78 Å². The van der Waals surface area contributed by atoms with Crippen LogP contribution in [0.3, 0.4) is 0 Å². The van der Waals surface area contributed by atoms with E-state index in [2.05, 4.69) is 33.8 Å². The fraction of sp³-hybridized carbons (Fsp3) is 0.182. The van der Waals surface area contributed by atoms with Crippen LogP contribution in [0.5, 0.6) is 5.75 Å². The largest absolute Gasteiger partial charge is 0.492 e. The molecule has 3 rings (SSSR count). The van der Waals surface area contributed by atoms with Crippen molar-refractivity contribution in [1.82, 2.24) is 4.98 Å². The molecule has 0 radical (unpaired) electrons. The molecule has 2 N–H and O–H groups in total. The van der Waals surface area contributed by atoms with Gasteiger partial charge < -0.3 is 15.4 Å². The number of benzene rings is 2. The van der Waals surface area contributed by atoms with Crippen LogP contribution in [0.15, 0.2) is 60.9 Å². The lowest BCUT2D eigenvalue weighted by Gasteiger charge is -2.13. The molecule has 0 bridgehead atoms. The zero-order valence-corrected chi connectivity index (χ0v) is 15.7. The van der Waals surface area contributed by atoms with Gasteiger partial charge in [-0.2, -0.15) is 0 Å². The third-order valence-corrected chi connectivity index (χ3v) is 4.11. The first kappa shape index (κ1) is 18.5. The molecule has 138 valence electrons. The molecule has 0 spiro atoms. The molecule has 3 aromatic rings. The summed E-state index contributed by atoms with van der Waals surface area (Å²) in [6, 6.07) is 15.4. The molecule has 1 heterocycles. The second-order valence-corrected chi connectivity index (χ2v) is 6.29. The van der Waals surface area contributed by atoms with Gasteiger partial charge in [0, 0.05) is 11.9 Å². The van der Waals surface area contributed by atoms with Crippen LogP contribution in [0, 0.1) is 13.8 Å². The quantitative estimate of drug-likeness (QED) is 0.642. The number of ether oxygens (including phenoxy) is 1. The van der Waals surface area contributed by atoms with E-state index in [0.717, 1.165) is 22.5 Å². The van der Waals surface area contributed by atoms with E-state index in [4.69, 9.17) is 4.74 Å². The van der Waals surface area contributed by atoms with Crippen molar-refractivity contribution in [1.29, 1.82) is 0 Å². The second-order valence-electron chi connectivity index (χ2n) is 6.29. The number of carbonyl (C=O) groups is 1. The number of aryl methyl sites for hydroxylation is 2. The minimum Gasteiger partial charge on any atom is -0.492 e. The number of amides is 1. The molecule has 0 fully saturated rings. The SMILES string of the molecule is CCOc1ccccc1NC(=O)c1cncc(Nc2cc(C)ccc2C)c1. The maximum atomic E-state index is 12.7. The van der Waals surface area contributed by atoms with Crippen molar-refractivity contribution in [3.63, 3.8) is 0 Å². The summed E-state index contributed by atoms with van der Waals surface area (Å²) in [5, 5.41) is 6.23. The van der Waals surface area contributed by atoms with E-state index in [0.29, 0.717) is 23.6 Å². The van der Waals surface area contributed by atoms with Crippen molar-refractivity contribution in [2.24, 2.45) is 0 Å². The van der Waals surface area contributed by atoms with Crippen LogP contribution < -0.4 is 15.4 Å². The summed E-state index contributed by atoms with van der Waals surface area (Å²) < 4.78 is 5.56. The second kappa shape index (κ2) is 8.36. The van der Waals surface area contributed by atoms with Crippen molar-refractivity contribution in [3.8, 4) is 5.75 Å². The number of anilines is 3. The van der Waals surface area contributed by atoms with Gasteiger partial charge in [-0.1, -0.05) is 24.3 Å². The highest BCUT2D eigenvalue weighted by Crippen LogP contribution is 2.25. The standard InChI is InChI=1S/C22H23N3O2/c1-4-27-21-8-6-5-7-19(21)25-22(26)17-12-18(14-23-13-17)24-20-11-15(2)9-10-16(20)3/h5-14,24H,4H2,1-3H3,(H,25,26). The first-order valence-corrected chi connectivity index (χ1v) is 8.89. The molecule has 0 atom stereocenters.